The summed E-state index contributed by atoms with van der Waals surface area (Å²) in [5.74, 6) is 1.35. The predicted molar refractivity (Wildman–Crippen MR) is 58.6 cm³/mol. The predicted octanol–water partition coefficient (Wildman–Crippen LogP) is 3.08. The quantitative estimate of drug-likeness (QED) is 0.533. The van der Waals surface area contributed by atoms with Gasteiger partial charge in [0.25, 0.3) is 0 Å². The first-order chi connectivity index (χ1) is 5.93. The van der Waals surface area contributed by atoms with E-state index < -0.39 is 0 Å². The van der Waals surface area contributed by atoms with Crippen LogP contribution in [0.15, 0.2) is 0 Å². The molecule has 0 aromatic heterocycles. The molecule has 1 nitrogen and oxygen atoms in total. The lowest BCUT2D eigenvalue weighted by molar-refractivity contribution is 0.282. The Morgan fingerprint density at radius 1 is 1.17 bits per heavy atom. The molecule has 0 aliphatic carbocycles. The highest BCUT2D eigenvalue weighted by Gasteiger charge is 2.15. The van der Waals surface area contributed by atoms with Crippen molar-refractivity contribution in [3.05, 3.63) is 0 Å². The minimum atomic E-state index is 0.369. The van der Waals surface area contributed by atoms with E-state index >= 15 is 0 Å². The van der Waals surface area contributed by atoms with Crippen LogP contribution in [0, 0.1) is 0 Å². The maximum absolute atomic E-state index is 8.57. The standard InChI is InChI=1S/C9H18OS2/c10-7-4-2-1-3-5-9-6-8-11-12-9/h9-10H,1-8H2. The summed E-state index contributed by atoms with van der Waals surface area (Å²) < 4.78 is 0. The normalized spacial score (nSPS) is 23.2. The minimum absolute atomic E-state index is 0.369. The average Bonchev–Trinajstić information content (AvgIpc) is 2.57. The monoisotopic (exact) mass is 206 g/mol. The Morgan fingerprint density at radius 3 is 2.67 bits per heavy atom. The lowest BCUT2D eigenvalue weighted by Gasteiger charge is -2.05. The third-order valence-corrected chi connectivity index (χ3v) is 5.17. The van der Waals surface area contributed by atoms with E-state index in [-0.39, 0.29) is 0 Å². The molecule has 1 aliphatic rings. The lowest BCUT2D eigenvalue weighted by atomic mass is 10.1. The maximum atomic E-state index is 8.57. The van der Waals surface area contributed by atoms with Gasteiger partial charge in [0.05, 0.1) is 0 Å². The fraction of sp³-hybridized carbons (Fsp3) is 1.00. The Bertz CT molecular complexity index is 103. The van der Waals surface area contributed by atoms with Crippen molar-refractivity contribution in [3.8, 4) is 0 Å². The fourth-order valence-electron chi connectivity index (χ4n) is 1.40. The molecule has 0 radical (unpaired) electrons. The van der Waals surface area contributed by atoms with Gasteiger partial charge in [-0.15, -0.1) is 0 Å². The van der Waals surface area contributed by atoms with Gasteiger partial charge in [0.15, 0.2) is 0 Å². The molecule has 1 unspecified atom stereocenters. The van der Waals surface area contributed by atoms with E-state index in [0.717, 1.165) is 11.7 Å². The largest absolute Gasteiger partial charge is 0.396 e. The number of unbranched alkanes of at least 4 members (excludes halogenated alkanes) is 3. The van der Waals surface area contributed by atoms with Gasteiger partial charge in [0, 0.05) is 17.6 Å². The van der Waals surface area contributed by atoms with Gasteiger partial charge < -0.3 is 5.11 Å². The van der Waals surface area contributed by atoms with Crippen LogP contribution in [0.4, 0.5) is 0 Å². The summed E-state index contributed by atoms with van der Waals surface area (Å²) in [6, 6.07) is 0. The van der Waals surface area contributed by atoms with Crippen molar-refractivity contribution in [1.82, 2.24) is 0 Å². The highest BCUT2D eigenvalue weighted by molar-refractivity contribution is 8.77. The molecule has 1 rings (SSSR count). The third-order valence-electron chi connectivity index (χ3n) is 2.16. The van der Waals surface area contributed by atoms with Gasteiger partial charge in [-0.05, 0) is 19.3 Å². The number of aliphatic hydroxyl groups excluding tert-OH is 1. The first-order valence-electron chi connectivity index (χ1n) is 4.82. The molecule has 72 valence electrons. The van der Waals surface area contributed by atoms with Gasteiger partial charge in [-0.1, -0.05) is 40.9 Å². The zero-order valence-corrected chi connectivity index (χ0v) is 9.13. The fourth-order valence-corrected chi connectivity index (χ4v) is 4.43. The molecule has 1 fully saturated rings. The molecule has 1 atom stereocenters. The summed E-state index contributed by atoms with van der Waals surface area (Å²) in [5.41, 5.74) is 0. The molecule has 3 heteroatoms. The van der Waals surface area contributed by atoms with Crippen LogP contribution in [-0.2, 0) is 0 Å². The highest BCUT2D eigenvalue weighted by Crippen LogP contribution is 2.39. The van der Waals surface area contributed by atoms with Crippen molar-refractivity contribution < 1.29 is 5.11 Å². The van der Waals surface area contributed by atoms with E-state index in [4.69, 9.17) is 5.11 Å². The van der Waals surface area contributed by atoms with Gasteiger partial charge in [-0.3, -0.25) is 0 Å². The summed E-state index contributed by atoms with van der Waals surface area (Å²) in [4.78, 5) is 0. The molecule has 0 aromatic carbocycles. The molecule has 1 N–H and O–H groups in total. The summed E-state index contributed by atoms with van der Waals surface area (Å²) in [5, 5.41) is 9.50. The van der Waals surface area contributed by atoms with E-state index in [1.165, 1.54) is 37.9 Å². The number of hydrogen-bond acceptors (Lipinski definition) is 3. The molecule has 0 spiro atoms. The van der Waals surface area contributed by atoms with E-state index in [2.05, 4.69) is 10.8 Å². The summed E-state index contributed by atoms with van der Waals surface area (Å²) in [6.07, 6.45) is 7.67. The van der Waals surface area contributed by atoms with Crippen LogP contribution in [-0.4, -0.2) is 22.7 Å². The molecular weight excluding hydrogens is 188 g/mol. The Hall–Kier alpha value is 0.660. The van der Waals surface area contributed by atoms with Gasteiger partial charge in [-0.25, -0.2) is 0 Å². The first kappa shape index (κ1) is 10.7. The SMILES string of the molecule is OCCCCCCC1CCSS1. The van der Waals surface area contributed by atoms with E-state index in [9.17, 15) is 0 Å². The highest BCUT2D eigenvalue weighted by atomic mass is 33.1. The van der Waals surface area contributed by atoms with Crippen molar-refractivity contribution >= 4 is 21.6 Å². The Labute approximate surface area is 83.1 Å². The molecule has 0 amide bonds. The second-order valence-electron chi connectivity index (χ2n) is 3.26. The number of rotatable bonds is 6. The Kier molecular flexibility index (Phi) is 6.35. The second-order valence-corrected chi connectivity index (χ2v) is 6.04. The molecule has 1 aliphatic heterocycles. The van der Waals surface area contributed by atoms with E-state index in [0.29, 0.717) is 6.61 Å². The summed E-state index contributed by atoms with van der Waals surface area (Å²) >= 11 is 0. The zero-order valence-electron chi connectivity index (χ0n) is 7.50. The van der Waals surface area contributed by atoms with Crippen LogP contribution >= 0.6 is 21.6 Å². The molecular formula is C9H18OS2. The van der Waals surface area contributed by atoms with Gasteiger partial charge >= 0.3 is 0 Å². The van der Waals surface area contributed by atoms with Gasteiger partial charge in [0.1, 0.15) is 0 Å². The van der Waals surface area contributed by atoms with Crippen molar-refractivity contribution in [3.63, 3.8) is 0 Å². The smallest absolute Gasteiger partial charge is 0.0431 e. The molecule has 0 aromatic rings. The molecule has 0 bridgehead atoms. The summed E-state index contributed by atoms with van der Waals surface area (Å²) in [7, 11) is 4.10. The summed E-state index contributed by atoms with van der Waals surface area (Å²) in [6.45, 7) is 0.369. The molecule has 12 heavy (non-hydrogen) atoms. The minimum Gasteiger partial charge on any atom is -0.396 e. The van der Waals surface area contributed by atoms with E-state index in [1.807, 2.05) is 10.8 Å². The first-order valence-corrected chi connectivity index (χ1v) is 7.21. The molecule has 1 heterocycles. The number of hydrogen-bond donors (Lipinski definition) is 1. The van der Waals surface area contributed by atoms with Gasteiger partial charge in [-0.2, -0.15) is 0 Å². The van der Waals surface area contributed by atoms with Crippen molar-refractivity contribution in [1.29, 1.82) is 0 Å². The van der Waals surface area contributed by atoms with Crippen LogP contribution in [0.2, 0.25) is 0 Å². The Balaban J connectivity index is 1.81. The number of aliphatic hydroxyl groups is 1. The molecule has 0 saturated carbocycles. The van der Waals surface area contributed by atoms with Crippen LogP contribution in [0.25, 0.3) is 0 Å². The van der Waals surface area contributed by atoms with Crippen LogP contribution in [0.3, 0.4) is 0 Å². The molecule has 1 saturated heterocycles. The maximum Gasteiger partial charge on any atom is 0.0431 e. The second kappa shape index (κ2) is 7.10. The van der Waals surface area contributed by atoms with Crippen molar-refractivity contribution in [2.45, 2.75) is 43.8 Å². The van der Waals surface area contributed by atoms with E-state index in [1.54, 1.807) is 0 Å². The van der Waals surface area contributed by atoms with Crippen molar-refractivity contribution in [2.24, 2.45) is 0 Å². The topological polar surface area (TPSA) is 20.2 Å². The van der Waals surface area contributed by atoms with Crippen LogP contribution in [0.1, 0.15) is 38.5 Å². The Morgan fingerprint density at radius 2 is 2.00 bits per heavy atom. The van der Waals surface area contributed by atoms with Crippen LogP contribution < -0.4 is 0 Å². The van der Waals surface area contributed by atoms with Crippen LogP contribution in [0.5, 0.6) is 0 Å². The zero-order chi connectivity index (χ0) is 8.65. The average molecular weight is 206 g/mol. The van der Waals surface area contributed by atoms with Gasteiger partial charge in [0.2, 0.25) is 0 Å². The van der Waals surface area contributed by atoms with Crippen molar-refractivity contribution in [2.75, 3.05) is 12.4 Å². The lowest BCUT2D eigenvalue weighted by Crippen LogP contribution is -1.96. The third kappa shape index (κ3) is 4.63.